The minimum atomic E-state index is -0.0668. The molecule has 3 heterocycles. The quantitative estimate of drug-likeness (QED) is 0.670. The predicted molar refractivity (Wildman–Crippen MR) is 123 cm³/mol. The van der Waals surface area contributed by atoms with Gasteiger partial charge in [0.1, 0.15) is 5.82 Å². The molecule has 1 fully saturated rings. The molecule has 1 aliphatic rings. The molecule has 0 unspecified atom stereocenters. The Morgan fingerprint density at radius 1 is 0.871 bits per heavy atom. The molecule has 1 aliphatic heterocycles. The summed E-state index contributed by atoms with van der Waals surface area (Å²) < 4.78 is 0. The van der Waals surface area contributed by atoms with Gasteiger partial charge in [0.05, 0.1) is 0 Å². The lowest BCUT2D eigenvalue weighted by Gasteiger charge is -2.35. The highest BCUT2D eigenvalue weighted by Crippen LogP contribution is 2.19. The second kappa shape index (κ2) is 8.99. The molecular weight excluding hydrogens is 390 g/mol. The number of nitrogens with one attached hydrogen (secondary N) is 2. The second-order valence-electron chi connectivity index (χ2n) is 7.85. The van der Waals surface area contributed by atoms with E-state index in [-0.39, 0.29) is 6.03 Å². The van der Waals surface area contributed by atoms with Gasteiger partial charge in [-0.3, -0.25) is 0 Å². The van der Waals surface area contributed by atoms with E-state index in [1.807, 2.05) is 62.1 Å². The molecule has 2 amide bonds. The standard InChI is InChI=1S/C23H27N7O/c1-16-4-6-19(18(3)14-16)25-23(31)30-12-10-29(11-13-30)22-9-8-21(27-28-22)26-20-7-5-17(2)15-24-20/h4-9,14-15H,10-13H2,1-3H3,(H,25,31)(H,24,26,27). The molecule has 8 nitrogen and oxygen atoms in total. The smallest absolute Gasteiger partial charge is 0.321 e. The predicted octanol–water partition coefficient (Wildman–Crippen LogP) is 3.89. The number of benzene rings is 1. The highest BCUT2D eigenvalue weighted by atomic mass is 16.2. The number of piperazine rings is 1. The first-order valence-electron chi connectivity index (χ1n) is 10.4. The van der Waals surface area contributed by atoms with E-state index in [9.17, 15) is 4.79 Å². The van der Waals surface area contributed by atoms with Gasteiger partial charge in [0.15, 0.2) is 11.6 Å². The number of carbonyl (C=O) groups is 1. The van der Waals surface area contributed by atoms with E-state index in [1.54, 1.807) is 6.20 Å². The third-order valence-corrected chi connectivity index (χ3v) is 5.33. The molecule has 3 aromatic rings. The highest BCUT2D eigenvalue weighted by Gasteiger charge is 2.22. The molecule has 160 valence electrons. The van der Waals surface area contributed by atoms with Crippen LogP contribution in [0.1, 0.15) is 16.7 Å². The molecule has 31 heavy (non-hydrogen) atoms. The fourth-order valence-corrected chi connectivity index (χ4v) is 3.52. The molecule has 0 spiro atoms. The number of carbonyl (C=O) groups excluding carboxylic acids is 1. The summed E-state index contributed by atoms with van der Waals surface area (Å²) in [6.07, 6.45) is 1.81. The molecule has 2 N–H and O–H groups in total. The third-order valence-electron chi connectivity index (χ3n) is 5.33. The Balaban J connectivity index is 1.31. The number of anilines is 4. The van der Waals surface area contributed by atoms with Gasteiger partial charge in [-0.1, -0.05) is 23.8 Å². The summed E-state index contributed by atoms with van der Waals surface area (Å²) in [4.78, 5) is 20.9. The monoisotopic (exact) mass is 417 g/mol. The van der Waals surface area contributed by atoms with Gasteiger partial charge in [0.25, 0.3) is 0 Å². The van der Waals surface area contributed by atoms with Gasteiger partial charge in [-0.05, 0) is 56.2 Å². The first kappa shape index (κ1) is 20.6. The van der Waals surface area contributed by atoms with Crippen LogP contribution in [0.15, 0.2) is 48.7 Å². The first-order valence-corrected chi connectivity index (χ1v) is 10.4. The van der Waals surface area contributed by atoms with E-state index >= 15 is 0 Å². The van der Waals surface area contributed by atoms with Crippen molar-refractivity contribution >= 4 is 29.2 Å². The van der Waals surface area contributed by atoms with Crippen LogP contribution < -0.4 is 15.5 Å². The number of aryl methyl sites for hydroxylation is 3. The van der Waals surface area contributed by atoms with Crippen molar-refractivity contribution in [2.24, 2.45) is 0 Å². The van der Waals surface area contributed by atoms with Crippen molar-refractivity contribution in [3.8, 4) is 0 Å². The molecule has 0 atom stereocenters. The summed E-state index contributed by atoms with van der Waals surface area (Å²) in [7, 11) is 0. The van der Waals surface area contributed by atoms with E-state index in [0.29, 0.717) is 32.0 Å². The number of hydrogen-bond donors (Lipinski definition) is 2. The van der Waals surface area contributed by atoms with Crippen molar-refractivity contribution in [1.29, 1.82) is 0 Å². The normalized spacial score (nSPS) is 13.8. The van der Waals surface area contributed by atoms with Gasteiger partial charge >= 0.3 is 6.03 Å². The van der Waals surface area contributed by atoms with E-state index < -0.39 is 0 Å². The lowest BCUT2D eigenvalue weighted by Crippen LogP contribution is -2.50. The number of nitrogens with zero attached hydrogens (tertiary/aromatic N) is 5. The maximum Gasteiger partial charge on any atom is 0.321 e. The molecule has 2 aromatic heterocycles. The topological polar surface area (TPSA) is 86.3 Å². The SMILES string of the molecule is Cc1ccc(Nc2ccc(N3CCN(C(=O)Nc4ccc(C)cc4C)CC3)nn2)nc1. The zero-order valence-corrected chi connectivity index (χ0v) is 18.1. The van der Waals surface area contributed by atoms with Crippen LogP contribution in [0, 0.1) is 20.8 Å². The lowest BCUT2D eigenvalue weighted by molar-refractivity contribution is 0.208. The van der Waals surface area contributed by atoms with Crippen LogP contribution in [0.4, 0.5) is 27.9 Å². The van der Waals surface area contributed by atoms with Crippen molar-refractivity contribution in [3.63, 3.8) is 0 Å². The number of amides is 2. The number of rotatable bonds is 4. The van der Waals surface area contributed by atoms with E-state index in [2.05, 4.69) is 36.8 Å². The minimum absolute atomic E-state index is 0.0668. The molecule has 0 saturated carbocycles. The Morgan fingerprint density at radius 2 is 1.61 bits per heavy atom. The fraction of sp³-hybridized carbons (Fsp3) is 0.304. The Kier molecular flexibility index (Phi) is 5.97. The molecular formula is C23H27N7O. The van der Waals surface area contributed by atoms with Gasteiger partial charge < -0.3 is 20.4 Å². The van der Waals surface area contributed by atoms with Crippen molar-refractivity contribution in [1.82, 2.24) is 20.1 Å². The van der Waals surface area contributed by atoms with Crippen molar-refractivity contribution < 1.29 is 4.79 Å². The first-order chi connectivity index (χ1) is 15.0. The number of urea groups is 1. The van der Waals surface area contributed by atoms with Crippen LogP contribution in [0.3, 0.4) is 0 Å². The number of aromatic nitrogens is 3. The lowest BCUT2D eigenvalue weighted by atomic mass is 10.1. The summed E-state index contributed by atoms with van der Waals surface area (Å²) in [5, 5.41) is 14.8. The Bertz CT molecular complexity index is 1040. The molecule has 0 radical (unpaired) electrons. The van der Waals surface area contributed by atoms with Gasteiger partial charge in [0.2, 0.25) is 0 Å². The minimum Gasteiger partial charge on any atom is -0.352 e. The largest absolute Gasteiger partial charge is 0.352 e. The van der Waals surface area contributed by atoms with E-state index in [0.717, 1.165) is 28.5 Å². The summed E-state index contributed by atoms with van der Waals surface area (Å²) in [6, 6.07) is 13.7. The van der Waals surface area contributed by atoms with Crippen LogP contribution in [-0.2, 0) is 0 Å². The molecule has 1 saturated heterocycles. The average Bonchev–Trinajstić information content (AvgIpc) is 2.78. The summed E-state index contributed by atoms with van der Waals surface area (Å²) >= 11 is 0. The summed E-state index contributed by atoms with van der Waals surface area (Å²) in [5.41, 5.74) is 4.21. The maximum atomic E-state index is 12.6. The van der Waals surface area contributed by atoms with Crippen LogP contribution in [0.25, 0.3) is 0 Å². The second-order valence-corrected chi connectivity index (χ2v) is 7.85. The van der Waals surface area contributed by atoms with E-state index in [1.165, 1.54) is 5.56 Å². The molecule has 1 aromatic carbocycles. The molecule has 0 bridgehead atoms. The summed E-state index contributed by atoms with van der Waals surface area (Å²) in [5.74, 6) is 2.18. The Labute approximate surface area is 182 Å². The third kappa shape index (κ3) is 5.09. The van der Waals surface area contributed by atoms with Crippen LogP contribution in [-0.4, -0.2) is 52.3 Å². The van der Waals surface area contributed by atoms with Gasteiger partial charge in [-0.25, -0.2) is 9.78 Å². The van der Waals surface area contributed by atoms with Crippen LogP contribution in [0.5, 0.6) is 0 Å². The zero-order valence-electron chi connectivity index (χ0n) is 18.1. The Hall–Kier alpha value is -3.68. The van der Waals surface area contributed by atoms with Gasteiger partial charge in [0, 0.05) is 38.1 Å². The maximum absolute atomic E-state index is 12.6. The van der Waals surface area contributed by atoms with Crippen LogP contribution >= 0.6 is 0 Å². The number of pyridine rings is 1. The fourth-order valence-electron chi connectivity index (χ4n) is 3.52. The molecule has 0 aliphatic carbocycles. The Morgan fingerprint density at radius 3 is 2.26 bits per heavy atom. The van der Waals surface area contributed by atoms with Crippen molar-refractivity contribution in [2.75, 3.05) is 41.7 Å². The van der Waals surface area contributed by atoms with Crippen LogP contribution in [0.2, 0.25) is 0 Å². The zero-order chi connectivity index (χ0) is 21.8. The van der Waals surface area contributed by atoms with Gasteiger partial charge in [-0.2, -0.15) is 0 Å². The van der Waals surface area contributed by atoms with Crippen molar-refractivity contribution in [3.05, 3.63) is 65.4 Å². The average molecular weight is 418 g/mol. The highest BCUT2D eigenvalue weighted by molar-refractivity contribution is 5.90. The summed E-state index contributed by atoms with van der Waals surface area (Å²) in [6.45, 7) is 8.73. The molecule has 4 rings (SSSR count). The van der Waals surface area contributed by atoms with Crippen molar-refractivity contribution in [2.45, 2.75) is 20.8 Å². The number of hydrogen-bond acceptors (Lipinski definition) is 6. The molecule has 8 heteroatoms. The van der Waals surface area contributed by atoms with Gasteiger partial charge in [-0.15, -0.1) is 10.2 Å². The van der Waals surface area contributed by atoms with E-state index in [4.69, 9.17) is 0 Å².